The highest BCUT2D eigenvalue weighted by Crippen LogP contribution is 2.47. The average Bonchev–Trinajstić information content (AvgIpc) is 3.20. The van der Waals surface area contributed by atoms with Crippen LogP contribution < -0.4 is 15.4 Å². The Labute approximate surface area is 192 Å². The Hall–Kier alpha value is -2.86. The van der Waals surface area contributed by atoms with Gasteiger partial charge in [-0.05, 0) is 55.0 Å². The molecule has 2 aromatic rings. The van der Waals surface area contributed by atoms with Crippen LogP contribution in [-0.2, 0) is 0 Å². The van der Waals surface area contributed by atoms with Gasteiger partial charge in [-0.1, -0.05) is 75.9 Å². The average molecular weight is 437 g/mol. The summed E-state index contributed by atoms with van der Waals surface area (Å²) in [5.74, 6) is 2.56. The van der Waals surface area contributed by atoms with Crippen molar-refractivity contribution < 1.29 is 14.7 Å². The number of nitrogens with two attached hydrogens (primary N) is 1. The molecule has 6 nitrogen and oxygen atoms in total. The number of para-hydroxylation sites is 3. The summed E-state index contributed by atoms with van der Waals surface area (Å²) in [6, 6.07) is 15.2. The molecule has 0 amide bonds. The van der Waals surface area contributed by atoms with Gasteiger partial charge in [0.05, 0.1) is 18.4 Å². The summed E-state index contributed by atoms with van der Waals surface area (Å²) >= 11 is 0. The summed E-state index contributed by atoms with van der Waals surface area (Å²) in [4.78, 5) is 12.6. The topological polar surface area (TPSA) is 61.8 Å². The van der Waals surface area contributed by atoms with Gasteiger partial charge in [-0.25, -0.2) is 9.68 Å². The zero-order valence-electron chi connectivity index (χ0n) is 19.3. The van der Waals surface area contributed by atoms with Gasteiger partial charge in [0.2, 0.25) is 5.75 Å². The van der Waals surface area contributed by atoms with Crippen LogP contribution in [0.1, 0.15) is 58.8 Å². The summed E-state index contributed by atoms with van der Waals surface area (Å²) in [5, 5.41) is 1.57. The van der Waals surface area contributed by atoms with Gasteiger partial charge in [0, 0.05) is 0 Å². The van der Waals surface area contributed by atoms with E-state index in [-0.39, 0.29) is 0 Å². The van der Waals surface area contributed by atoms with E-state index in [4.69, 9.17) is 20.8 Å². The molecule has 32 heavy (non-hydrogen) atoms. The number of unbranched alkanes of at least 4 members (excludes halogenated alkanes) is 2. The smallest absolute Gasteiger partial charge is 0.222 e. The first-order valence-corrected chi connectivity index (χ1v) is 12.1. The lowest BCUT2D eigenvalue weighted by molar-refractivity contribution is -1.24. The molecule has 0 radical (unpaired) electrons. The highest BCUT2D eigenvalue weighted by molar-refractivity contribution is 5.59. The number of nitrogen functional groups attached to an aromatic ring is 1. The molecule has 2 N–H and O–H groups in total. The van der Waals surface area contributed by atoms with E-state index in [1.165, 1.54) is 38.5 Å². The predicted molar refractivity (Wildman–Crippen MR) is 128 cm³/mol. The minimum Gasteiger partial charge on any atom is -0.396 e. The number of nitrogens with zero attached hydrogens (tertiary/aromatic N) is 3. The van der Waals surface area contributed by atoms with Crippen molar-refractivity contribution in [2.75, 3.05) is 12.3 Å². The fourth-order valence-corrected chi connectivity index (χ4v) is 4.57. The molecule has 2 unspecified atom stereocenters. The van der Waals surface area contributed by atoms with Gasteiger partial charge < -0.3 is 11.2 Å². The van der Waals surface area contributed by atoms with Crippen molar-refractivity contribution in [3.63, 3.8) is 0 Å². The first-order valence-electron chi connectivity index (χ1n) is 12.1. The van der Waals surface area contributed by atoms with Gasteiger partial charge in [-0.3, -0.25) is 0 Å². The molecule has 2 atom stereocenters. The van der Waals surface area contributed by atoms with Crippen LogP contribution in [0.25, 0.3) is 5.43 Å². The second-order valence-corrected chi connectivity index (χ2v) is 8.78. The lowest BCUT2D eigenvalue weighted by Gasteiger charge is -2.43. The normalized spacial score (nSPS) is 21.8. The van der Waals surface area contributed by atoms with Crippen LogP contribution in [0.5, 0.6) is 11.5 Å². The van der Waals surface area contributed by atoms with Crippen molar-refractivity contribution in [1.29, 1.82) is 0 Å². The molecule has 6 heteroatoms. The summed E-state index contributed by atoms with van der Waals surface area (Å²) in [6.07, 6.45) is 13.2. The Bertz CT molecular complexity index is 883. The van der Waals surface area contributed by atoms with Crippen LogP contribution in [0.15, 0.2) is 60.8 Å². The number of rotatable bonds is 10. The van der Waals surface area contributed by atoms with Crippen LogP contribution in [0.3, 0.4) is 0 Å². The molecular formula is C26H36N4O2. The number of benzene rings is 2. The molecule has 0 saturated heterocycles. The molecule has 2 aliphatic heterocycles. The number of hydrogen-bond acceptors (Lipinski definition) is 4. The van der Waals surface area contributed by atoms with Crippen molar-refractivity contribution in [2.45, 2.75) is 58.8 Å². The SMILES string of the molecule is CCCCC(CCCC)C1C=CN([N+]2(Oc3ccccc3N)[N-]c3ccccc3O2)CC1. The largest absolute Gasteiger partial charge is 0.396 e. The first-order chi connectivity index (χ1) is 15.6. The highest BCUT2D eigenvalue weighted by Gasteiger charge is 2.42. The molecule has 172 valence electrons. The van der Waals surface area contributed by atoms with Crippen LogP contribution >= 0.6 is 0 Å². The van der Waals surface area contributed by atoms with E-state index in [2.05, 4.69) is 26.1 Å². The molecule has 2 aromatic carbocycles. The Morgan fingerprint density at radius 3 is 2.47 bits per heavy atom. The fraction of sp³-hybridized carbons (Fsp3) is 0.462. The number of fused-ring (bicyclic) bond motifs is 1. The van der Waals surface area contributed by atoms with Crippen LogP contribution in [0.4, 0.5) is 11.4 Å². The zero-order valence-corrected chi connectivity index (χ0v) is 19.3. The zero-order chi connectivity index (χ0) is 22.4. The molecule has 0 aliphatic carbocycles. The minimum absolute atomic E-state index is 0.439. The van der Waals surface area contributed by atoms with Crippen molar-refractivity contribution >= 4 is 11.4 Å². The van der Waals surface area contributed by atoms with Crippen LogP contribution in [0, 0.1) is 11.8 Å². The highest BCUT2D eigenvalue weighted by atomic mass is 17.1. The number of quaternary nitrogens is 1. The Morgan fingerprint density at radius 1 is 1.09 bits per heavy atom. The van der Waals surface area contributed by atoms with Crippen LogP contribution in [-0.4, -0.2) is 16.6 Å². The standard InChI is InChI=1S/C26H36N4O2/c1-3-5-11-21(12-6-4-2)22-17-19-29(20-18-22)30(31-25-15-9-7-13-23(25)27)28-24-14-8-10-16-26(24)32-30/h7-10,13-17,19,21-22H,3-6,11-12,18,20,27H2,1-2H3. The van der Waals surface area contributed by atoms with E-state index >= 15 is 0 Å². The van der Waals surface area contributed by atoms with Gasteiger partial charge in [-0.15, -0.1) is 0 Å². The third-order valence-corrected chi connectivity index (χ3v) is 6.44. The van der Waals surface area contributed by atoms with Crippen molar-refractivity contribution in [3.05, 3.63) is 66.2 Å². The van der Waals surface area contributed by atoms with Crippen molar-refractivity contribution in [3.8, 4) is 11.5 Å². The number of anilines is 1. The lowest BCUT2D eigenvalue weighted by Crippen LogP contribution is -2.58. The maximum Gasteiger partial charge on any atom is 0.222 e. The van der Waals surface area contributed by atoms with Gasteiger partial charge in [0.15, 0.2) is 5.75 Å². The lowest BCUT2D eigenvalue weighted by atomic mass is 9.81. The van der Waals surface area contributed by atoms with E-state index in [0.29, 0.717) is 23.1 Å². The first kappa shape index (κ1) is 22.3. The quantitative estimate of drug-likeness (QED) is 0.320. The van der Waals surface area contributed by atoms with E-state index in [1.54, 1.807) is 0 Å². The Kier molecular flexibility index (Phi) is 7.10. The second kappa shape index (κ2) is 10.2. The summed E-state index contributed by atoms with van der Waals surface area (Å²) in [7, 11) is 0. The Balaban J connectivity index is 1.56. The molecule has 0 spiro atoms. The van der Waals surface area contributed by atoms with Gasteiger partial charge in [0.1, 0.15) is 5.03 Å². The molecular weight excluding hydrogens is 400 g/mol. The minimum atomic E-state index is -0.439. The fourth-order valence-electron chi connectivity index (χ4n) is 4.57. The summed E-state index contributed by atoms with van der Waals surface area (Å²) in [6.45, 7) is 5.35. The third-order valence-electron chi connectivity index (χ3n) is 6.44. The molecule has 0 aromatic heterocycles. The van der Waals surface area contributed by atoms with Gasteiger partial charge >= 0.3 is 0 Å². The third kappa shape index (κ3) is 4.80. The molecule has 0 fully saturated rings. The predicted octanol–water partition coefficient (Wildman–Crippen LogP) is 7.05. The molecule has 0 saturated carbocycles. The maximum absolute atomic E-state index is 6.34. The van der Waals surface area contributed by atoms with E-state index in [1.807, 2.05) is 53.5 Å². The summed E-state index contributed by atoms with van der Waals surface area (Å²) < 4.78 is 0. The Morgan fingerprint density at radius 2 is 1.81 bits per heavy atom. The number of allylic oxidation sites excluding steroid dienone is 1. The molecule has 2 aliphatic rings. The maximum atomic E-state index is 6.34. The molecule has 2 heterocycles. The second-order valence-electron chi connectivity index (χ2n) is 8.78. The molecule has 4 rings (SSSR count). The van der Waals surface area contributed by atoms with Crippen molar-refractivity contribution in [1.82, 2.24) is 5.01 Å². The van der Waals surface area contributed by atoms with Gasteiger partial charge in [0.25, 0.3) is 0 Å². The van der Waals surface area contributed by atoms with E-state index in [0.717, 1.165) is 24.6 Å². The van der Waals surface area contributed by atoms with E-state index in [9.17, 15) is 0 Å². The molecule has 0 bridgehead atoms. The summed E-state index contributed by atoms with van der Waals surface area (Å²) in [5.41, 5.74) is 12.3. The van der Waals surface area contributed by atoms with Crippen LogP contribution in [0.2, 0.25) is 0 Å². The number of hydrogen-bond donors (Lipinski definition) is 1. The van der Waals surface area contributed by atoms with E-state index < -0.39 is 5.03 Å². The van der Waals surface area contributed by atoms with Gasteiger partial charge in [-0.2, -0.15) is 5.01 Å². The van der Waals surface area contributed by atoms with Crippen molar-refractivity contribution in [2.24, 2.45) is 11.8 Å². The monoisotopic (exact) mass is 436 g/mol.